The Hall–Kier alpha value is -0.990. The first-order chi connectivity index (χ1) is 4.95. The Labute approximate surface area is 65.8 Å². The standard InChI is InChI=1S/C8H11O3/c1-6(11)7(4-9)8(2,3)5-10/h4,7H,1-3H3. The normalized spacial score (nSPS) is 13.7. The zero-order valence-corrected chi connectivity index (χ0v) is 6.88. The Morgan fingerprint density at radius 2 is 2.00 bits per heavy atom. The molecule has 61 valence electrons. The van der Waals surface area contributed by atoms with E-state index in [1.165, 1.54) is 20.8 Å². The molecule has 0 aromatic carbocycles. The summed E-state index contributed by atoms with van der Waals surface area (Å²) in [6.45, 7) is 4.32. The summed E-state index contributed by atoms with van der Waals surface area (Å²) < 4.78 is 0. The van der Waals surface area contributed by atoms with Crippen LogP contribution in [0.1, 0.15) is 20.8 Å². The van der Waals surface area contributed by atoms with Crippen molar-refractivity contribution in [2.75, 3.05) is 0 Å². The lowest BCUT2D eigenvalue weighted by Gasteiger charge is -2.20. The van der Waals surface area contributed by atoms with Gasteiger partial charge in [0.05, 0.1) is 5.92 Å². The summed E-state index contributed by atoms with van der Waals surface area (Å²) in [4.78, 5) is 31.4. The van der Waals surface area contributed by atoms with Crippen LogP contribution < -0.4 is 0 Å². The van der Waals surface area contributed by atoms with Crippen LogP contribution in [-0.4, -0.2) is 18.4 Å². The molecule has 0 aromatic heterocycles. The molecule has 0 aromatic rings. The van der Waals surface area contributed by atoms with Gasteiger partial charge in [0.1, 0.15) is 12.1 Å². The van der Waals surface area contributed by atoms with Gasteiger partial charge in [0.25, 0.3) is 0 Å². The molecule has 0 aliphatic carbocycles. The average molecular weight is 155 g/mol. The smallest absolute Gasteiger partial charge is 0.205 e. The molecule has 3 heteroatoms. The summed E-state index contributed by atoms with van der Waals surface area (Å²) >= 11 is 0. The van der Waals surface area contributed by atoms with Crippen LogP contribution >= 0.6 is 0 Å². The Balaban J connectivity index is 4.62. The van der Waals surface area contributed by atoms with E-state index in [-0.39, 0.29) is 5.78 Å². The molecule has 11 heavy (non-hydrogen) atoms. The summed E-state index contributed by atoms with van der Waals surface area (Å²) in [5.41, 5.74) is -0.992. The fraction of sp³-hybridized carbons (Fsp3) is 0.625. The number of hydrogen-bond donors (Lipinski definition) is 0. The maximum absolute atomic E-state index is 10.8. The summed E-state index contributed by atoms with van der Waals surface area (Å²) in [6.07, 6.45) is 2.16. The van der Waals surface area contributed by atoms with E-state index in [2.05, 4.69) is 0 Å². The fourth-order valence-electron chi connectivity index (χ4n) is 0.838. The minimum Gasteiger partial charge on any atom is -0.303 e. The monoisotopic (exact) mass is 155 g/mol. The molecule has 0 heterocycles. The van der Waals surface area contributed by atoms with Crippen LogP contribution in [0.15, 0.2) is 0 Å². The summed E-state index contributed by atoms with van der Waals surface area (Å²) in [5, 5.41) is 0. The van der Waals surface area contributed by atoms with Crippen molar-refractivity contribution < 1.29 is 14.4 Å². The zero-order valence-electron chi connectivity index (χ0n) is 6.88. The van der Waals surface area contributed by atoms with E-state index in [1.807, 2.05) is 0 Å². The first-order valence-electron chi connectivity index (χ1n) is 3.30. The largest absolute Gasteiger partial charge is 0.303 e. The molecule has 0 aliphatic rings. The van der Waals surface area contributed by atoms with E-state index >= 15 is 0 Å². The number of rotatable bonds is 4. The third kappa shape index (κ3) is 2.26. The van der Waals surface area contributed by atoms with Crippen LogP contribution in [0.3, 0.4) is 0 Å². The first-order valence-corrected chi connectivity index (χ1v) is 3.30. The van der Waals surface area contributed by atoms with Crippen molar-refractivity contribution in [3.63, 3.8) is 0 Å². The van der Waals surface area contributed by atoms with Crippen LogP contribution in [0.2, 0.25) is 0 Å². The van der Waals surface area contributed by atoms with Gasteiger partial charge in [-0.1, -0.05) is 13.8 Å². The molecule has 0 aliphatic heterocycles. The van der Waals surface area contributed by atoms with Crippen molar-refractivity contribution in [2.24, 2.45) is 11.3 Å². The fourth-order valence-corrected chi connectivity index (χ4v) is 0.838. The maximum atomic E-state index is 10.8. The highest BCUT2D eigenvalue weighted by molar-refractivity contribution is 5.95. The van der Waals surface area contributed by atoms with E-state index in [0.29, 0.717) is 6.29 Å². The molecule has 1 unspecified atom stereocenters. The molecule has 0 bridgehead atoms. The number of carbonyl (C=O) groups excluding carboxylic acids is 3. The van der Waals surface area contributed by atoms with E-state index in [0.717, 1.165) is 0 Å². The topological polar surface area (TPSA) is 51.2 Å². The molecule has 1 radical (unpaired) electrons. The minimum atomic E-state index is -0.992. The Bertz CT molecular complexity index is 182. The molecule has 0 fully saturated rings. The summed E-state index contributed by atoms with van der Waals surface area (Å²) in [5.74, 6) is -1.16. The molecule has 0 spiro atoms. The first kappa shape index (κ1) is 10.0. The molecule has 1 atom stereocenters. The number of carbonyl (C=O) groups is 2. The zero-order chi connectivity index (χ0) is 9.07. The van der Waals surface area contributed by atoms with E-state index < -0.39 is 11.3 Å². The molecule has 0 rings (SSSR count). The predicted molar refractivity (Wildman–Crippen MR) is 39.7 cm³/mol. The van der Waals surface area contributed by atoms with Crippen molar-refractivity contribution in [1.82, 2.24) is 0 Å². The third-order valence-electron chi connectivity index (χ3n) is 1.61. The number of hydrogen-bond acceptors (Lipinski definition) is 3. The summed E-state index contributed by atoms with van der Waals surface area (Å²) in [7, 11) is 0. The molecular weight excluding hydrogens is 144 g/mol. The van der Waals surface area contributed by atoms with Crippen molar-refractivity contribution in [3.05, 3.63) is 0 Å². The molecule has 0 amide bonds. The number of ketones is 1. The number of Topliss-reactive ketones (excluding diaryl/α,β-unsaturated/α-hetero) is 1. The molecule has 0 saturated heterocycles. The van der Waals surface area contributed by atoms with Crippen molar-refractivity contribution in [3.8, 4) is 0 Å². The van der Waals surface area contributed by atoms with Gasteiger partial charge in [0, 0.05) is 5.41 Å². The minimum absolute atomic E-state index is 0.298. The Kier molecular flexibility index (Phi) is 3.11. The van der Waals surface area contributed by atoms with Crippen molar-refractivity contribution >= 4 is 18.4 Å². The number of aldehydes is 1. The average Bonchev–Trinajstić information content (AvgIpc) is 1.88. The van der Waals surface area contributed by atoms with E-state index in [1.54, 1.807) is 6.29 Å². The van der Waals surface area contributed by atoms with Crippen LogP contribution in [-0.2, 0) is 14.4 Å². The third-order valence-corrected chi connectivity index (χ3v) is 1.61. The van der Waals surface area contributed by atoms with Crippen LogP contribution in [0, 0.1) is 11.3 Å². The Morgan fingerprint density at radius 3 is 2.09 bits per heavy atom. The van der Waals surface area contributed by atoms with Gasteiger partial charge < -0.3 is 4.79 Å². The van der Waals surface area contributed by atoms with Gasteiger partial charge in [-0.3, -0.25) is 9.59 Å². The van der Waals surface area contributed by atoms with E-state index in [4.69, 9.17) is 0 Å². The van der Waals surface area contributed by atoms with Crippen LogP contribution in [0.25, 0.3) is 0 Å². The van der Waals surface area contributed by atoms with Crippen molar-refractivity contribution in [2.45, 2.75) is 20.8 Å². The van der Waals surface area contributed by atoms with Crippen LogP contribution in [0.4, 0.5) is 0 Å². The van der Waals surface area contributed by atoms with E-state index in [9.17, 15) is 14.4 Å². The highest BCUT2D eigenvalue weighted by atomic mass is 16.1. The highest BCUT2D eigenvalue weighted by Crippen LogP contribution is 2.22. The highest BCUT2D eigenvalue weighted by Gasteiger charge is 2.33. The van der Waals surface area contributed by atoms with Gasteiger partial charge in [-0.15, -0.1) is 0 Å². The lowest BCUT2D eigenvalue weighted by Crippen LogP contribution is -2.32. The summed E-state index contributed by atoms with van der Waals surface area (Å²) in [6, 6.07) is 0. The van der Waals surface area contributed by atoms with Gasteiger partial charge in [-0.05, 0) is 6.92 Å². The Morgan fingerprint density at radius 1 is 1.55 bits per heavy atom. The van der Waals surface area contributed by atoms with Gasteiger partial charge >= 0.3 is 0 Å². The lowest BCUT2D eigenvalue weighted by atomic mass is 9.79. The van der Waals surface area contributed by atoms with Crippen LogP contribution in [0.5, 0.6) is 0 Å². The molecule has 0 saturated carbocycles. The van der Waals surface area contributed by atoms with Gasteiger partial charge in [-0.25, -0.2) is 0 Å². The maximum Gasteiger partial charge on any atom is 0.205 e. The SMILES string of the molecule is CC(=O)C(C=O)C(C)(C)[C]=O. The van der Waals surface area contributed by atoms with Gasteiger partial charge in [0.15, 0.2) is 0 Å². The second kappa shape index (κ2) is 3.42. The quantitative estimate of drug-likeness (QED) is 0.439. The molecule has 0 N–H and O–H groups in total. The van der Waals surface area contributed by atoms with Gasteiger partial charge in [-0.2, -0.15) is 0 Å². The second-order valence-electron chi connectivity index (χ2n) is 3.05. The van der Waals surface area contributed by atoms with Crippen molar-refractivity contribution in [1.29, 1.82) is 0 Å². The predicted octanol–water partition coefficient (Wildman–Crippen LogP) is 0.526. The second-order valence-corrected chi connectivity index (χ2v) is 3.05. The molecule has 3 nitrogen and oxygen atoms in total. The van der Waals surface area contributed by atoms with Gasteiger partial charge in [0.2, 0.25) is 6.29 Å². The molecular formula is C8H11O3. The lowest BCUT2D eigenvalue weighted by molar-refractivity contribution is -0.128.